The number of aromatic nitrogens is 2. The highest BCUT2D eigenvalue weighted by atomic mass is 32.2. The Morgan fingerprint density at radius 2 is 1.89 bits per heavy atom. The summed E-state index contributed by atoms with van der Waals surface area (Å²) >= 11 is 2.10. The number of aliphatic hydroxyl groups is 1. The fraction of sp³-hybridized carbons (Fsp3) is 0.786. The topological polar surface area (TPSA) is 38.0 Å². The monoisotopic (exact) mass is 266 g/mol. The molecule has 2 atom stereocenters. The lowest BCUT2D eigenvalue weighted by molar-refractivity contribution is 0.00693. The van der Waals surface area contributed by atoms with Gasteiger partial charge in [-0.05, 0) is 39.5 Å². The Morgan fingerprint density at radius 1 is 1.28 bits per heavy atom. The Hall–Kier alpha value is -0.480. The van der Waals surface area contributed by atoms with Crippen LogP contribution in [-0.2, 0) is 12.6 Å². The summed E-state index contributed by atoms with van der Waals surface area (Å²) in [6.07, 6.45) is 5.68. The first-order valence-corrected chi connectivity index (χ1v) is 7.82. The molecule has 2 fully saturated rings. The highest BCUT2D eigenvalue weighted by Crippen LogP contribution is 2.50. The Morgan fingerprint density at radius 3 is 2.39 bits per heavy atom. The third-order valence-electron chi connectivity index (χ3n) is 4.54. The minimum absolute atomic E-state index is 0.635. The summed E-state index contributed by atoms with van der Waals surface area (Å²) in [5.74, 6) is 0. The van der Waals surface area contributed by atoms with E-state index >= 15 is 0 Å². The zero-order chi connectivity index (χ0) is 12.9. The molecule has 1 aromatic heterocycles. The van der Waals surface area contributed by atoms with E-state index in [0.29, 0.717) is 10.5 Å². The molecule has 1 aromatic rings. The summed E-state index contributed by atoms with van der Waals surface area (Å²) in [4.78, 5) is 0. The van der Waals surface area contributed by atoms with E-state index in [-0.39, 0.29) is 0 Å². The number of thioether (sulfide) groups is 1. The first kappa shape index (κ1) is 12.5. The van der Waals surface area contributed by atoms with Gasteiger partial charge in [0, 0.05) is 28.8 Å². The van der Waals surface area contributed by atoms with Gasteiger partial charge in [-0.2, -0.15) is 16.9 Å². The fourth-order valence-corrected chi connectivity index (χ4v) is 5.66. The van der Waals surface area contributed by atoms with Gasteiger partial charge in [-0.25, -0.2) is 0 Å². The molecule has 0 saturated carbocycles. The quantitative estimate of drug-likeness (QED) is 0.849. The van der Waals surface area contributed by atoms with Gasteiger partial charge in [0.15, 0.2) is 0 Å². The fourth-order valence-electron chi connectivity index (χ4n) is 3.77. The Balaban J connectivity index is 1.99. The molecule has 3 nitrogen and oxygen atoms in total. The third-order valence-corrected chi connectivity index (χ3v) is 6.12. The normalized spacial score (nSPS) is 35.8. The molecule has 18 heavy (non-hydrogen) atoms. The maximum absolute atomic E-state index is 11.2. The molecular weight excluding hydrogens is 244 g/mol. The van der Waals surface area contributed by atoms with Crippen molar-refractivity contribution in [1.29, 1.82) is 0 Å². The summed E-state index contributed by atoms with van der Waals surface area (Å²) in [5, 5.41) is 16.9. The van der Waals surface area contributed by atoms with E-state index in [2.05, 4.69) is 23.8 Å². The summed E-state index contributed by atoms with van der Waals surface area (Å²) in [6, 6.07) is 0. The van der Waals surface area contributed by atoms with E-state index in [4.69, 9.17) is 0 Å². The Bertz CT molecular complexity index is 457. The van der Waals surface area contributed by atoms with Crippen LogP contribution in [0, 0.1) is 13.8 Å². The van der Waals surface area contributed by atoms with E-state index in [0.717, 1.165) is 29.8 Å². The molecular formula is C14H22N2OS. The average molecular weight is 266 g/mol. The van der Waals surface area contributed by atoms with Crippen LogP contribution < -0.4 is 0 Å². The SMILES string of the molecule is Cc1nn(C)c(C)c1C1(O)CC2CCCC(C1)S2. The molecule has 0 aliphatic carbocycles. The lowest BCUT2D eigenvalue weighted by atomic mass is 9.79. The van der Waals surface area contributed by atoms with Gasteiger partial charge in [0.2, 0.25) is 0 Å². The van der Waals surface area contributed by atoms with E-state index in [9.17, 15) is 5.11 Å². The third kappa shape index (κ3) is 1.90. The Kier molecular flexibility index (Phi) is 2.98. The second kappa shape index (κ2) is 4.27. The summed E-state index contributed by atoms with van der Waals surface area (Å²) in [5.41, 5.74) is 2.59. The minimum Gasteiger partial charge on any atom is -0.385 e. The van der Waals surface area contributed by atoms with Gasteiger partial charge < -0.3 is 5.11 Å². The molecule has 2 saturated heterocycles. The van der Waals surface area contributed by atoms with Crippen molar-refractivity contribution in [3.05, 3.63) is 17.0 Å². The smallest absolute Gasteiger partial charge is 0.0953 e. The summed E-state index contributed by atoms with van der Waals surface area (Å²) < 4.78 is 1.90. The van der Waals surface area contributed by atoms with Crippen molar-refractivity contribution in [2.45, 2.75) is 62.1 Å². The second-order valence-corrected chi connectivity index (χ2v) is 7.53. The zero-order valence-electron chi connectivity index (χ0n) is 11.4. The summed E-state index contributed by atoms with van der Waals surface area (Å²) in [6.45, 7) is 4.10. The molecule has 2 aliphatic rings. The lowest BCUT2D eigenvalue weighted by Crippen LogP contribution is -2.41. The van der Waals surface area contributed by atoms with E-state index in [1.165, 1.54) is 19.3 Å². The van der Waals surface area contributed by atoms with Crippen molar-refractivity contribution >= 4 is 11.8 Å². The van der Waals surface area contributed by atoms with E-state index in [1.807, 2.05) is 18.7 Å². The van der Waals surface area contributed by atoms with Crippen LogP contribution in [0.15, 0.2) is 0 Å². The molecule has 2 aliphatic heterocycles. The molecule has 2 bridgehead atoms. The van der Waals surface area contributed by atoms with Gasteiger partial charge in [0.05, 0.1) is 11.3 Å². The van der Waals surface area contributed by atoms with Gasteiger partial charge in [0.1, 0.15) is 0 Å². The van der Waals surface area contributed by atoms with Crippen molar-refractivity contribution in [3.8, 4) is 0 Å². The molecule has 0 radical (unpaired) electrons. The van der Waals surface area contributed by atoms with Crippen LogP contribution in [0.4, 0.5) is 0 Å². The van der Waals surface area contributed by atoms with Crippen molar-refractivity contribution in [1.82, 2.24) is 9.78 Å². The second-order valence-electron chi connectivity index (χ2n) is 5.92. The van der Waals surface area contributed by atoms with E-state index < -0.39 is 5.60 Å². The van der Waals surface area contributed by atoms with Crippen LogP contribution in [0.1, 0.15) is 49.1 Å². The number of hydrogen-bond donors (Lipinski definition) is 1. The standard InChI is InChI=1S/C14H22N2OS/c1-9-13(10(2)16(3)15-9)14(17)7-11-5-4-6-12(8-14)18-11/h11-12,17H,4-8H2,1-3H3. The van der Waals surface area contributed by atoms with Gasteiger partial charge in [-0.3, -0.25) is 4.68 Å². The number of fused-ring (bicyclic) bond motifs is 2. The molecule has 0 aromatic carbocycles. The minimum atomic E-state index is -0.635. The molecule has 100 valence electrons. The molecule has 2 unspecified atom stereocenters. The zero-order valence-corrected chi connectivity index (χ0v) is 12.3. The number of hydrogen-bond acceptors (Lipinski definition) is 3. The molecule has 3 heterocycles. The van der Waals surface area contributed by atoms with Crippen LogP contribution in [0.3, 0.4) is 0 Å². The van der Waals surface area contributed by atoms with Gasteiger partial charge >= 0.3 is 0 Å². The average Bonchev–Trinajstić information content (AvgIpc) is 2.52. The largest absolute Gasteiger partial charge is 0.385 e. The van der Waals surface area contributed by atoms with Crippen LogP contribution >= 0.6 is 11.8 Å². The number of aryl methyl sites for hydroxylation is 2. The highest BCUT2D eigenvalue weighted by Gasteiger charge is 2.44. The van der Waals surface area contributed by atoms with Crippen LogP contribution in [0.5, 0.6) is 0 Å². The number of nitrogens with zero attached hydrogens (tertiary/aromatic N) is 2. The van der Waals surface area contributed by atoms with Gasteiger partial charge in [0.25, 0.3) is 0 Å². The van der Waals surface area contributed by atoms with Crippen LogP contribution in [0.25, 0.3) is 0 Å². The highest BCUT2D eigenvalue weighted by molar-refractivity contribution is 8.00. The van der Waals surface area contributed by atoms with Gasteiger partial charge in [-0.1, -0.05) is 6.42 Å². The molecule has 0 spiro atoms. The molecule has 4 heteroatoms. The van der Waals surface area contributed by atoms with Gasteiger partial charge in [-0.15, -0.1) is 0 Å². The van der Waals surface area contributed by atoms with Crippen LogP contribution in [0.2, 0.25) is 0 Å². The van der Waals surface area contributed by atoms with Crippen molar-refractivity contribution in [2.75, 3.05) is 0 Å². The van der Waals surface area contributed by atoms with Crippen LogP contribution in [-0.4, -0.2) is 25.4 Å². The Labute approximate surface area is 113 Å². The summed E-state index contributed by atoms with van der Waals surface area (Å²) in [7, 11) is 1.97. The van der Waals surface area contributed by atoms with Crippen molar-refractivity contribution < 1.29 is 5.11 Å². The number of rotatable bonds is 1. The van der Waals surface area contributed by atoms with Crippen molar-refractivity contribution in [3.63, 3.8) is 0 Å². The molecule has 3 rings (SSSR count). The maximum Gasteiger partial charge on any atom is 0.0953 e. The van der Waals surface area contributed by atoms with E-state index in [1.54, 1.807) is 0 Å². The first-order chi connectivity index (χ1) is 8.49. The lowest BCUT2D eigenvalue weighted by Gasteiger charge is -2.44. The van der Waals surface area contributed by atoms with Crippen molar-refractivity contribution in [2.24, 2.45) is 7.05 Å². The predicted molar refractivity (Wildman–Crippen MR) is 74.8 cm³/mol. The maximum atomic E-state index is 11.2. The first-order valence-electron chi connectivity index (χ1n) is 6.88. The predicted octanol–water partition coefficient (Wildman–Crippen LogP) is 2.67. The molecule has 1 N–H and O–H groups in total. The molecule has 0 amide bonds.